The van der Waals surface area contributed by atoms with E-state index in [9.17, 15) is 14.0 Å². The van der Waals surface area contributed by atoms with Crippen molar-refractivity contribution >= 4 is 27.9 Å². The van der Waals surface area contributed by atoms with Crippen molar-refractivity contribution in [3.8, 4) is 0 Å². The first-order chi connectivity index (χ1) is 8.52. The van der Waals surface area contributed by atoms with Crippen molar-refractivity contribution in [3.63, 3.8) is 0 Å². The van der Waals surface area contributed by atoms with E-state index >= 15 is 0 Å². The van der Waals surface area contributed by atoms with E-state index in [1.54, 1.807) is 6.07 Å². The topological polar surface area (TPSA) is 81.4 Å². The highest BCUT2D eigenvalue weighted by Crippen LogP contribution is 2.19. The molecule has 2 amide bonds. The fourth-order valence-electron chi connectivity index (χ4n) is 1.19. The molecule has 0 saturated heterocycles. The second-order valence-electron chi connectivity index (χ2n) is 3.38. The Bertz CT molecular complexity index is 454. The Balaban J connectivity index is 2.41. The Morgan fingerprint density at radius 2 is 2.17 bits per heavy atom. The molecule has 0 spiro atoms. The normalized spacial score (nSPS) is 9.89. The molecular weight excluding hydrogens is 307 g/mol. The maximum absolute atomic E-state index is 13.5. The molecular formula is C11H12BrFN2O3. The molecule has 0 heterocycles. The number of nitrogens with two attached hydrogens (primary N) is 1. The second kappa shape index (κ2) is 6.95. The van der Waals surface area contributed by atoms with Crippen LogP contribution in [-0.2, 0) is 4.74 Å². The number of rotatable bonds is 5. The molecule has 0 aliphatic rings. The van der Waals surface area contributed by atoms with Gasteiger partial charge in [-0.1, -0.05) is 6.07 Å². The van der Waals surface area contributed by atoms with Crippen LogP contribution >= 0.6 is 15.9 Å². The maximum atomic E-state index is 13.5. The summed E-state index contributed by atoms with van der Waals surface area (Å²) >= 11 is 2.98. The summed E-state index contributed by atoms with van der Waals surface area (Å²) in [5, 5.41) is 2.35. The van der Waals surface area contributed by atoms with Crippen LogP contribution < -0.4 is 11.1 Å². The van der Waals surface area contributed by atoms with Crippen molar-refractivity contribution in [2.75, 3.05) is 13.2 Å². The average molecular weight is 319 g/mol. The number of urea groups is 1. The number of hydrogen-bond acceptors (Lipinski definition) is 3. The minimum Gasteiger partial charge on any atom is -0.462 e. The van der Waals surface area contributed by atoms with Gasteiger partial charge in [-0.05, 0) is 34.5 Å². The summed E-state index contributed by atoms with van der Waals surface area (Å²) in [7, 11) is 0. The third-order valence-corrected chi connectivity index (χ3v) is 2.64. The van der Waals surface area contributed by atoms with Crippen LogP contribution in [0, 0.1) is 5.82 Å². The van der Waals surface area contributed by atoms with E-state index in [4.69, 9.17) is 10.5 Å². The molecule has 0 aromatic heterocycles. The number of esters is 1. The number of hydrogen-bond donors (Lipinski definition) is 2. The first-order valence-electron chi connectivity index (χ1n) is 5.17. The largest absolute Gasteiger partial charge is 0.462 e. The highest BCUT2D eigenvalue weighted by molar-refractivity contribution is 9.10. The SMILES string of the molecule is NC(=O)NCCCOC(=O)c1cccc(Br)c1F. The molecule has 0 aliphatic heterocycles. The third-order valence-electron chi connectivity index (χ3n) is 2.03. The lowest BCUT2D eigenvalue weighted by Crippen LogP contribution is -2.30. The highest BCUT2D eigenvalue weighted by Gasteiger charge is 2.14. The van der Waals surface area contributed by atoms with Crippen LogP contribution in [-0.4, -0.2) is 25.2 Å². The lowest BCUT2D eigenvalue weighted by atomic mass is 10.2. The van der Waals surface area contributed by atoms with E-state index in [-0.39, 0.29) is 16.6 Å². The number of benzene rings is 1. The molecule has 0 fully saturated rings. The summed E-state index contributed by atoms with van der Waals surface area (Å²) in [6.07, 6.45) is 0.407. The van der Waals surface area contributed by atoms with Gasteiger partial charge in [0.05, 0.1) is 16.6 Å². The minimum absolute atomic E-state index is 0.0745. The lowest BCUT2D eigenvalue weighted by molar-refractivity contribution is 0.0496. The quantitative estimate of drug-likeness (QED) is 0.641. The van der Waals surface area contributed by atoms with Crippen molar-refractivity contribution in [2.24, 2.45) is 5.73 Å². The summed E-state index contributed by atoms with van der Waals surface area (Å²) < 4.78 is 18.6. The molecule has 5 nitrogen and oxygen atoms in total. The summed E-state index contributed by atoms with van der Waals surface area (Å²) in [5.41, 5.74) is 4.72. The summed E-state index contributed by atoms with van der Waals surface area (Å²) in [6, 6.07) is 3.73. The lowest BCUT2D eigenvalue weighted by Gasteiger charge is -2.06. The van der Waals surface area contributed by atoms with Gasteiger partial charge in [0.25, 0.3) is 0 Å². The Labute approximate surface area is 112 Å². The first-order valence-corrected chi connectivity index (χ1v) is 5.96. The van der Waals surface area contributed by atoms with Crippen molar-refractivity contribution in [1.29, 1.82) is 0 Å². The van der Waals surface area contributed by atoms with E-state index in [2.05, 4.69) is 21.2 Å². The molecule has 98 valence electrons. The molecule has 0 radical (unpaired) electrons. The fourth-order valence-corrected chi connectivity index (χ4v) is 1.55. The van der Waals surface area contributed by atoms with E-state index in [1.807, 2.05) is 0 Å². The van der Waals surface area contributed by atoms with Crippen LogP contribution in [0.2, 0.25) is 0 Å². The number of carbonyl (C=O) groups is 2. The average Bonchev–Trinajstić information content (AvgIpc) is 2.31. The van der Waals surface area contributed by atoms with Gasteiger partial charge in [-0.3, -0.25) is 0 Å². The molecule has 1 aromatic rings. The zero-order chi connectivity index (χ0) is 13.5. The van der Waals surface area contributed by atoms with Gasteiger partial charge < -0.3 is 15.8 Å². The number of amides is 2. The monoisotopic (exact) mass is 318 g/mol. The van der Waals surface area contributed by atoms with Gasteiger partial charge in [0, 0.05) is 6.54 Å². The number of nitrogens with one attached hydrogen (secondary N) is 1. The van der Waals surface area contributed by atoms with Crippen LogP contribution in [0.15, 0.2) is 22.7 Å². The molecule has 3 N–H and O–H groups in total. The molecule has 1 aromatic carbocycles. The van der Waals surface area contributed by atoms with Crippen molar-refractivity contribution in [2.45, 2.75) is 6.42 Å². The maximum Gasteiger partial charge on any atom is 0.341 e. The van der Waals surface area contributed by atoms with Gasteiger partial charge >= 0.3 is 12.0 Å². The number of halogens is 2. The van der Waals surface area contributed by atoms with Crippen LogP contribution in [0.1, 0.15) is 16.8 Å². The predicted molar refractivity (Wildman–Crippen MR) is 66.6 cm³/mol. The van der Waals surface area contributed by atoms with Crippen molar-refractivity contribution in [1.82, 2.24) is 5.32 Å². The second-order valence-corrected chi connectivity index (χ2v) is 4.24. The molecule has 18 heavy (non-hydrogen) atoms. The van der Waals surface area contributed by atoms with Crippen molar-refractivity contribution in [3.05, 3.63) is 34.1 Å². The van der Waals surface area contributed by atoms with Crippen molar-refractivity contribution < 1.29 is 18.7 Å². The Kier molecular flexibility index (Phi) is 5.57. The van der Waals surface area contributed by atoms with Gasteiger partial charge in [0.2, 0.25) is 0 Å². The number of primary amides is 1. The van der Waals surface area contributed by atoms with Gasteiger partial charge in [-0.15, -0.1) is 0 Å². The Morgan fingerprint density at radius 1 is 1.44 bits per heavy atom. The predicted octanol–water partition coefficient (Wildman–Crippen LogP) is 1.80. The molecule has 0 bridgehead atoms. The Hall–Kier alpha value is -1.63. The molecule has 0 atom stereocenters. The number of ether oxygens (including phenoxy) is 1. The third kappa shape index (κ3) is 4.33. The summed E-state index contributed by atoms with van der Waals surface area (Å²) in [6.45, 7) is 0.370. The minimum atomic E-state index is -0.743. The standard InChI is InChI=1S/C11H12BrFN2O3/c12-8-4-1-3-7(9(8)13)10(16)18-6-2-5-15-11(14)17/h1,3-4H,2,5-6H2,(H3,14,15,17). The zero-order valence-electron chi connectivity index (χ0n) is 9.41. The molecule has 1 rings (SSSR count). The van der Waals surface area contributed by atoms with Gasteiger partial charge in [-0.25, -0.2) is 14.0 Å². The Morgan fingerprint density at radius 3 is 2.83 bits per heavy atom. The van der Waals surface area contributed by atoms with Crippen LogP contribution in [0.5, 0.6) is 0 Å². The zero-order valence-corrected chi connectivity index (χ0v) is 11.0. The van der Waals surface area contributed by atoms with E-state index < -0.39 is 17.8 Å². The highest BCUT2D eigenvalue weighted by atomic mass is 79.9. The summed E-state index contributed by atoms with van der Waals surface area (Å²) in [5.74, 6) is -1.40. The molecule has 0 unspecified atom stereocenters. The van der Waals surface area contributed by atoms with Crippen LogP contribution in [0.3, 0.4) is 0 Å². The number of carbonyl (C=O) groups excluding carboxylic acids is 2. The molecule has 0 aliphatic carbocycles. The smallest absolute Gasteiger partial charge is 0.341 e. The van der Waals surface area contributed by atoms with Crippen LogP contribution in [0.4, 0.5) is 9.18 Å². The van der Waals surface area contributed by atoms with Gasteiger partial charge in [0.1, 0.15) is 0 Å². The molecule has 0 saturated carbocycles. The van der Waals surface area contributed by atoms with Gasteiger partial charge in [-0.2, -0.15) is 0 Å². The first kappa shape index (κ1) is 14.4. The van der Waals surface area contributed by atoms with E-state index in [0.29, 0.717) is 13.0 Å². The molecule has 7 heteroatoms. The van der Waals surface area contributed by atoms with E-state index in [0.717, 1.165) is 0 Å². The fraction of sp³-hybridized carbons (Fsp3) is 0.273. The van der Waals surface area contributed by atoms with E-state index in [1.165, 1.54) is 12.1 Å². The summed E-state index contributed by atoms with van der Waals surface area (Å²) in [4.78, 5) is 21.9. The van der Waals surface area contributed by atoms with Gasteiger partial charge in [0.15, 0.2) is 5.82 Å². The van der Waals surface area contributed by atoms with Crippen LogP contribution in [0.25, 0.3) is 0 Å².